The van der Waals surface area contributed by atoms with Crippen LogP contribution in [0.3, 0.4) is 0 Å². The van der Waals surface area contributed by atoms with Crippen LogP contribution in [0.2, 0.25) is 0 Å². The number of carbonyl (C=O) groups excluding carboxylic acids is 1. The minimum absolute atomic E-state index is 0.0483. The smallest absolute Gasteiger partial charge is 0.225 e. The van der Waals surface area contributed by atoms with E-state index >= 15 is 0 Å². The summed E-state index contributed by atoms with van der Waals surface area (Å²) in [5.74, 6) is 3.40. The van der Waals surface area contributed by atoms with Gasteiger partial charge in [-0.25, -0.2) is 0 Å². The van der Waals surface area contributed by atoms with Gasteiger partial charge < -0.3 is 0 Å². The maximum atomic E-state index is 11.2. The fraction of sp³-hybridized carbons (Fsp3) is 0.900. The van der Waals surface area contributed by atoms with Gasteiger partial charge >= 0.3 is 0 Å². The largest absolute Gasteiger partial charge is 0.281 e. The van der Waals surface area contributed by atoms with Gasteiger partial charge in [0.2, 0.25) is 5.24 Å². The zero-order valence-corrected chi connectivity index (χ0v) is 7.76. The Morgan fingerprint density at radius 3 is 2.50 bits per heavy atom. The van der Waals surface area contributed by atoms with Crippen LogP contribution in [0.5, 0.6) is 0 Å². The topological polar surface area (TPSA) is 17.1 Å². The normalized spacial score (nSPS) is 54.9. The van der Waals surface area contributed by atoms with Crippen LogP contribution in [0.4, 0.5) is 0 Å². The van der Waals surface area contributed by atoms with E-state index in [9.17, 15) is 4.79 Å². The van der Waals surface area contributed by atoms with E-state index in [0.717, 1.165) is 11.8 Å². The van der Waals surface area contributed by atoms with Crippen LogP contribution in [-0.2, 0) is 4.79 Å². The molecule has 0 aromatic rings. The van der Waals surface area contributed by atoms with Crippen LogP contribution < -0.4 is 0 Å². The van der Waals surface area contributed by atoms with E-state index in [0.29, 0.717) is 11.8 Å². The van der Waals surface area contributed by atoms with Crippen molar-refractivity contribution >= 4 is 16.8 Å². The predicted molar refractivity (Wildman–Crippen MR) is 46.8 cm³/mol. The highest BCUT2D eigenvalue weighted by Gasteiger charge is 2.55. The van der Waals surface area contributed by atoms with Crippen LogP contribution in [0.25, 0.3) is 0 Å². The van der Waals surface area contributed by atoms with E-state index in [4.69, 9.17) is 11.6 Å². The zero-order chi connectivity index (χ0) is 8.29. The van der Waals surface area contributed by atoms with Crippen molar-refractivity contribution in [3.63, 3.8) is 0 Å². The lowest BCUT2D eigenvalue weighted by molar-refractivity contribution is -0.118. The molecule has 66 valence electrons. The standard InChI is InChI=1S/C10H13ClO/c11-10(12)9-7-2-5-1-6(4-7)8(9)3-5/h5-9H,1-4H2/t5-,6+,7-,8+,9+/m1/s1. The molecular formula is C10H13ClO. The van der Waals surface area contributed by atoms with Crippen molar-refractivity contribution < 1.29 is 4.79 Å². The Morgan fingerprint density at radius 2 is 1.83 bits per heavy atom. The van der Waals surface area contributed by atoms with Crippen molar-refractivity contribution in [3.05, 3.63) is 0 Å². The van der Waals surface area contributed by atoms with E-state index < -0.39 is 0 Å². The van der Waals surface area contributed by atoms with Gasteiger partial charge in [-0.2, -0.15) is 0 Å². The minimum Gasteiger partial charge on any atom is -0.281 e. The molecular weight excluding hydrogens is 172 g/mol. The number of hydrogen-bond acceptors (Lipinski definition) is 1. The van der Waals surface area contributed by atoms with Crippen molar-refractivity contribution in [1.29, 1.82) is 0 Å². The van der Waals surface area contributed by atoms with Gasteiger partial charge in [0.25, 0.3) is 0 Å². The molecule has 5 atom stereocenters. The van der Waals surface area contributed by atoms with Gasteiger partial charge in [0.1, 0.15) is 0 Å². The Bertz CT molecular complexity index is 234. The van der Waals surface area contributed by atoms with Crippen molar-refractivity contribution in [1.82, 2.24) is 0 Å². The van der Waals surface area contributed by atoms with Crippen molar-refractivity contribution in [3.8, 4) is 0 Å². The molecule has 4 aliphatic rings. The highest BCUT2D eigenvalue weighted by atomic mass is 35.5. The fourth-order valence-corrected chi connectivity index (χ4v) is 4.43. The van der Waals surface area contributed by atoms with Crippen molar-refractivity contribution in [2.24, 2.45) is 29.6 Å². The zero-order valence-electron chi connectivity index (χ0n) is 7.00. The molecule has 0 heterocycles. The van der Waals surface area contributed by atoms with Crippen molar-refractivity contribution in [2.45, 2.75) is 25.7 Å². The molecule has 1 nitrogen and oxygen atoms in total. The van der Waals surface area contributed by atoms with Crippen LogP contribution >= 0.6 is 11.6 Å². The van der Waals surface area contributed by atoms with Crippen LogP contribution in [-0.4, -0.2) is 5.24 Å². The molecule has 12 heavy (non-hydrogen) atoms. The summed E-state index contributed by atoms with van der Waals surface area (Å²) in [5, 5.41) is -0.0483. The summed E-state index contributed by atoms with van der Waals surface area (Å²) >= 11 is 5.63. The maximum absolute atomic E-state index is 11.2. The summed E-state index contributed by atoms with van der Waals surface area (Å²) in [4.78, 5) is 11.2. The summed E-state index contributed by atoms with van der Waals surface area (Å²) < 4.78 is 0. The molecule has 4 saturated carbocycles. The molecule has 2 heteroatoms. The number of halogens is 1. The molecule has 4 fully saturated rings. The molecule has 4 aliphatic carbocycles. The van der Waals surface area contributed by atoms with E-state index in [1.807, 2.05) is 0 Å². The number of rotatable bonds is 1. The van der Waals surface area contributed by atoms with Gasteiger partial charge in [-0.15, -0.1) is 0 Å². The van der Waals surface area contributed by atoms with E-state index in [1.54, 1.807) is 0 Å². The average molecular weight is 185 g/mol. The average Bonchev–Trinajstić information content (AvgIpc) is 2.38. The molecule has 0 aromatic heterocycles. The van der Waals surface area contributed by atoms with E-state index in [2.05, 4.69) is 0 Å². The third-order valence-corrected chi connectivity index (χ3v) is 4.57. The lowest BCUT2D eigenvalue weighted by atomic mass is 9.76. The minimum atomic E-state index is -0.0483. The molecule has 0 unspecified atom stereocenters. The molecule has 4 rings (SSSR count). The second-order valence-corrected chi connectivity index (χ2v) is 5.20. The Morgan fingerprint density at radius 1 is 1.08 bits per heavy atom. The first-order valence-corrected chi connectivity index (χ1v) is 5.33. The first-order valence-electron chi connectivity index (χ1n) is 4.95. The quantitative estimate of drug-likeness (QED) is 0.573. The molecule has 0 amide bonds. The van der Waals surface area contributed by atoms with Gasteiger partial charge in [0, 0.05) is 5.92 Å². The lowest BCUT2D eigenvalue weighted by Crippen LogP contribution is -2.27. The summed E-state index contributed by atoms with van der Waals surface area (Å²) in [5.41, 5.74) is 0. The highest BCUT2D eigenvalue weighted by molar-refractivity contribution is 6.64. The molecule has 0 aliphatic heterocycles. The maximum Gasteiger partial charge on any atom is 0.225 e. The second kappa shape index (κ2) is 2.25. The van der Waals surface area contributed by atoms with Gasteiger partial charge in [-0.3, -0.25) is 4.79 Å². The van der Waals surface area contributed by atoms with Gasteiger partial charge in [-0.1, -0.05) is 0 Å². The summed E-state index contributed by atoms with van der Waals surface area (Å²) in [7, 11) is 0. The number of carbonyl (C=O) groups is 1. The van der Waals surface area contributed by atoms with Gasteiger partial charge in [0.05, 0.1) is 0 Å². The van der Waals surface area contributed by atoms with Crippen LogP contribution in [0, 0.1) is 29.6 Å². The fourth-order valence-electron chi connectivity index (χ4n) is 4.09. The first kappa shape index (κ1) is 7.37. The van der Waals surface area contributed by atoms with Gasteiger partial charge in [-0.05, 0) is 61.0 Å². The monoisotopic (exact) mass is 184 g/mol. The third-order valence-electron chi connectivity index (χ3n) is 4.32. The van der Waals surface area contributed by atoms with Gasteiger partial charge in [0.15, 0.2) is 0 Å². The van der Waals surface area contributed by atoms with E-state index in [-0.39, 0.29) is 11.2 Å². The van der Waals surface area contributed by atoms with Crippen LogP contribution in [0.1, 0.15) is 25.7 Å². The molecule has 0 N–H and O–H groups in total. The number of hydrogen-bond donors (Lipinski definition) is 0. The Hall–Kier alpha value is -0.0400. The molecule has 4 bridgehead atoms. The first-order chi connectivity index (χ1) is 5.75. The molecule has 0 radical (unpaired) electrons. The summed E-state index contributed by atoms with van der Waals surface area (Å²) in [6, 6.07) is 0. The second-order valence-electron chi connectivity index (χ2n) is 4.82. The Kier molecular flexibility index (Phi) is 1.39. The molecule has 0 aromatic carbocycles. The SMILES string of the molecule is O=C(Cl)[C@H]1[C@@H]2C[C@H]3C[C@@H](C2)[C@@H]1C3. The highest BCUT2D eigenvalue weighted by Crippen LogP contribution is 2.61. The predicted octanol–water partition coefficient (Wildman–Crippen LogP) is 2.43. The van der Waals surface area contributed by atoms with Crippen LogP contribution in [0.15, 0.2) is 0 Å². The Labute approximate surface area is 77.5 Å². The van der Waals surface area contributed by atoms with E-state index in [1.165, 1.54) is 25.7 Å². The summed E-state index contributed by atoms with van der Waals surface area (Å²) in [6.07, 6.45) is 5.27. The molecule has 0 spiro atoms. The van der Waals surface area contributed by atoms with Crippen molar-refractivity contribution in [2.75, 3.05) is 0 Å². The third kappa shape index (κ3) is 0.783. The Balaban J connectivity index is 1.94. The molecule has 0 saturated heterocycles. The lowest BCUT2D eigenvalue weighted by Gasteiger charge is -2.29. The summed E-state index contributed by atoms with van der Waals surface area (Å²) in [6.45, 7) is 0.